The van der Waals surface area contributed by atoms with Crippen molar-refractivity contribution in [2.24, 2.45) is 0 Å². The van der Waals surface area contributed by atoms with Gasteiger partial charge in [-0.3, -0.25) is 28.7 Å². The highest BCUT2D eigenvalue weighted by Gasteiger charge is 2.62. The molecule has 0 spiro atoms. The predicted octanol–water partition coefficient (Wildman–Crippen LogP) is -1.44. The van der Waals surface area contributed by atoms with Gasteiger partial charge >= 0.3 is 17.6 Å². The van der Waals surface area contributed by atoms with Crippen LogP contribution in [-0.4, -0.2) is 56.8 Å². The molecule has 1 fully saturated rings. The number of hydrogen-bond acceptors (Lipinski definition) is 9. The van der Waals surface area contributed by atoms with Gasteiger partial charge in [-0.15, -0.1) is 0 Å². The quantitative estimate of drug-likeness (QED) is 0.581. The summed E-state index contributed by atoms with van der Waals surface area (Å²) in [6.45, 7) is 4.21. The van der Waals surface area contributed by atoms with Crippen LogP contribution in [0.1, 0.15) is 32.6 Å². The van der Waals surface area contributed by atoms with Crippen LogP contribution in [0.4, 0.5) is 0 Å². The first-order valence-electron chi connectivity index (χ1n) is 8.00. The molecule has 148 valence electrons. The summed E-state index contributed by atoms with van der Waals surface area (Å²) in [6, 6.07) is 0. The van der Waals surface area contributed by atoms with Gasteiger partial charge in [-0.05, 0) is 13.8 Å². The van der Waals surface area contributed by atoms with Gasteiger partial charge in [-0.1, -0.05) is 0 Å². The zero-order chi connectivity index (χ0) is 20.5. The molecule has 1 aliphatic heterocycles. The normalized spacial score (nSPS) is 27.2. The Hall–Kier alpha value is -2.79. The molecule has 1 aromatic rings. The average molecular weight is 384 g/mol. The van der Waals surface area contributed by atoms with Crippen LogP contribution in [0.3, 0.4) is 0 Å². The monoisotopic (exact) mass is 384 g/mol. The van der Waals surface area contributed by atoms with Gasteiger partial charge in [0.25, 0.3) is 5.56 Å². The molecule has 4 atom stereocenters. The standard InChI is InChI=1S/C16H20N2O9/c1-7-5-18(15(23)17-13(7)22)14-16(24,8(2)19)12(26-10(4)21)11(27-14)6-25-9(3)20/h5,11-12,14,24H,6H2,1-4H3,(H,17,22,23)/t11-,12-,14-,16-/m1/s1. The number of ketones is 1. The van der Waals surface area contributed by atoms with Gasteiger partial charge in [0.05, 0.1) is 0 Å². The predicted molar refractivity (Wildman–Crippen MR) is 87.8 cm³/mol. The van der Waals surface area contributed by atoms with Crippen LogP contribution in [0.5, 0.6) is 0 Å². The summed E-state index contributed by atoms with van der Waals surface area (Å²) in [5.74, 6) is -2.33. The summed E-state index contributed by atoms with van der Waals surface area (Å²) in [7, 11) is 0. The summed E-state index contributed by atoms with van der Waals surface area (Å²) in [4.78, 5) is 60.7. The smallest absolute Gasteiger partial charge is 0.330 e. The molecule has 1 saturated heterocycles. The number of esters is 2. The Kier molecular flexibility index (Phi) is 5.66. The summed E-state index contributed by atoms with van der Waals surface area (Å²) in [6.07, 6.45) is -3.28. The maximum Gasteiger partial charge on any atom is 0.330 e. The number of aromatic amines is 1. The Labute approximate surface area is 152 Å². The van der Waals surface area contributed by atoms with Gasteiger partial charge in [0.2, 0.25) is 5.60 Å². The largest absolute Gasteiger partial charge is 0.463 e. The molecule has 0 saturated carbocycles. The summed E-state index contributed by atoms with van der Waals surface area (Å²) in [5.41, 5.74) is -3.92. The second kappa shape index (κ2) is 7.45. The van der Waals surface area contributed by atoms with Crippen LogP contribution in [0, 0.1) is 6.92 Å². The van der Waals surface area contributed by atoms with Crippen molar-refractivity contribution in [2.45, 2.75) is 51.7 Å². The fraction of sp³-hybridized carbons (Fsp3) is 0.562. The van der Waals surface area contributed by atoms with Gasteiger partial charge in [0.1, 0.15) is 12.7 Å². The van der Waals surface area contributed by atoms with Crippen LogP contribution < -0.4 is 11.2 Å². The number of nitrogens with zero attached hydrogens (tertiary/aromatic N) is 1. The topological polar surface area (TPSA) is 154 Å². The van der Waals surface area contributed by atoms with Crippen LogP contribution >= 0.6 is 0 Å². The number of rotatable bonds is 5. The lowest BCUT2D eigenvalue weighted by Crippen LogP contribution is -2.55. The number of aromatic nitrogens is 2. The number of carbonyl (C=O) groups excluding carboxylic acids is 3. The number of aryl methyl sites for hydroxylation is 1. The van der Waals surface area contributed by atoms with Crippen LogP contribution in [0.2, 0.25) is 0 Å². The Morgan fingerprint density at radius 2 is 1.89 bits per heavy atom. The van der Waals surface area contributed by atoms with E-state index in [-0.39, 0.29) is 5.56 Å². The van der Waals surface area contributed by atoms with Crippen molar-refractivity contribution in [1.29, 1.82) is 0 Å². The van der Waals surface area contributed by atoms with Crippen molar-refractivity contribution in [1.82, 2.24) is 9.55 Å². The van der Waals surface area contributed by atoms with Crippen molar-refractivity contribution in [2.75, 3.05) is 6.61 Å². The first-order chi connectivity index (χ1) is 12.5. The van der Waals surface area contributed by atoms with Gasteiger partial charge < -0.3 is 19.3 Å². The highest BCUT2D eigenvalue weighted by molar-refractivity contribution is 5.87. The maximum atomic E-state index is 12.3. The Bertz CT molecular complexity index is 887. The van der Waals surface area contributed by atoms with E-state index in [0.29, 0.717) is 0 Å². The molecule has 1 aromatic heterocycles. The van der Waals surface area contributed by atoms with Crippen molar-refractivity contribution in [3.8, 4) is 0 Å². The van der Waals surface area contributed by atoms with E-state index in [2.05, 4.69) is 0 Å². The van der Waals surface area contributed by atoms with Crippen LogP contribution in [-0.2, 0) is 28.6 Å². The fourth-order valence-corrected chi connectivity index (χ4v) is 2.85. The molecule has 0 radical (unpaired) electrons. The molecule has 0 aromatic carbocycles. The summed E-state index contributed by atoms with van der Waals surface area (Å²) in [5, 5.41) is 11.1. The number of carbonyl (C=O) groups is 3. The highest BCUT2D eigenvalue weighted by Crippen LogP contribution is 2.40. The molecule has 0 amide bonds. The number of hydrogen-bond donors (Lipinski definition) is 2. The summed E-state index contributed by atoms with van der Waals surface area (Å²) >= 11 is 0. The molecular formula is C16H20N2O9. The highest BCUT2D eigenvalue weighted by atomic mass is 16.6. The Morgan fingerprint density at radius 1 is 1.26 bits per heavy atom. The number of aliphatic hydroxyl groups is 1. The molecule has 0 aliphatic carbocycles. The van der Waals surface area contributed by atoms with E-state index >= 15 is 0 Å². The number of nitrogens with one attached hydrogen (secondary N) is 1. The minimum absolute atomic E-state index is 0.122. The van der Waals surface area contributed by atoms with E-state index in [4.69, 9.17) is 14.2 Å². The third kappa shape index (κ3) is 3.83. The van der Waals surface area contributed by atoms with E-state index in [1.54, 1.807) is 0 Å². The van der Waals surface area contributed by atoms with Gasteiger partial charge in [0, 0.05) is 25.6 Å². The third-order valence-corrected chi connectivity index (χ3v) is 4.16. The van der Waals surface area contributed by atoms with E-state index in [1.165, 1.54) is 6.92 Å². The Morgan fingerprint density at radius 3 is 2.41 bits per heavy atom. The number of H-pyrrole nitrogens is 1. The van der Waals surface area contributed by atoms with Gasteiger partial charge in [0.15, 0.2) is 18.1 Å². The van der Waals surface area contributed by atoms with Crippen molar-refractivity contribution in [3.05, 3.63) is 32.6 Å². The van der Waals surface area contributed by atoms with Crippen LogP contribution in [0.25, 0.3) is 0 Å². The van der Waals surface area contributed by atoms with E-state index in [0.717, 1.165) is 31.5 Å². The van der Waals surface area contributed by atoms with Crippen molar-refractivity contribution < 1.29 is 33.7 Å². The lowest BCUT2D eigenvalue weighted by atomic mass is 9.89. The molecule has 2 N–H and O–H groups in total. The second-order valence-corrected chi connectivity index (χ2v) is 6.22. The van der Waals surface area contributed by atoms with E-state index in [1.807, 2.05) is 4.98 Å². The van der Waals surface area contributed by atoms with Gasteiger partial charge in [-0.25, -0.2) is 4.79 Å². The molecule has 11 nitrogen and oxygen atoms in total. The molecule has 2 heterocycles. The fourth-order valence-electron chi connectivity index (χ4n) is 2.85. The molecule has 0 unspecified atom stereocenters. The molecule has 1 aliphatic rings. The Balaban J connectivity index is 2.58. The lowest BCUT2D eigenvalue weighted by molar-refractivity contribution is -0.171. The minimum atomic E-state index is -2.45. The molecule has 11 heteroatoms. The number of ether oxygens (including phenoxy) is 3. The van der Waals surface area contributed by atoms with Gasteiger partial charge in [-0.2, -0.15) is 0 Å². The molecule has 27 heavy (non-hydrogen) atoms. The first kappa shape index (κ1) is 20.5. The third-order valence-electron chi connectivity index (χ3n) is 4.16. The van der Waals surface area contributed by atoms with E-state index < -0.39 is 59.6 Å². The van der Waals surface area contributed by atoms with E-state index in [9.17, 15) is 29.1 Å². The SMILES string of the molecule is CC(=O)OC[C@H]1O[C@@H](n2cc(C)c(=O)[nH]c2=O)[C@@](O)(C(C)=O)[C@@H]1OC(C)=O. The average Bonchev–Trinajstić information content (AvgIpc) is 2.82. The lowest BCUT2D eigenvalue weighted by Gasteiger charge is -2.31. The second-order valence-electron chi connectivity index (χ2n) is 6.22. The molecule has 2 rings (SSSR count). The molecule has 0 bridgehead atoms. The maximum absolute atomic E-state index is 12.3. The first-order valence-corrected chi connectivity index (χ1v) is 8.00. The zero-order valence-electron chi connectivity index (χ0n) is 15.2. The summed E-state index contributed by atoms with van der Waals surface area (Å²) < 4.78 is 16.3. The van der Waals surface area contributed by atoms with Crippen LogP contribution in [0.15, 0.2) is 15.8 Å². The zero-order valence-corrected chi connectivity index (χ0v) is 15.2. The minimum Gasteiger partial charge on any atom is -0.463 e. The van der Waals surface area contributed by atoms with Crippen molar-refractivity contribution >= 4 is 17.7 Å². The molecular weight excluding hydrogens is 364 g/mol. The van der Waals surface area contributed by atoms with Crippen molar-refractivity contribution in [3.63, 3.8) is 0 Å². The number of Topliss-reactive ketones (excluding diaryl/α,β-unsaturated/α-hetero) is 1.